The number of hydrogen-bond donors (Lipinski definition) is 3. The predicted molar refractivity (Wildman–Crippen MR) is 142 cm³/mol. The minimum absolute atomic E-state index is 0.207. The fourth-order valence-corrected chi connectivity index (χ4v) is 4.09. The number of nitrogens with zero attached hydrogens (tertiary/aromatic N) is 3. The van der Waals surface area contributed by atoms with Gasteiger partial charge in [0.15, 0.2) is 17.4 Å². The third-order valence-corrected chi connectivity index (χ3v) is 6.03. The van der Waals surface area contributed by atoms with Gasteiger partial charge in [-0.2, -0.15) is 5.10 Å². The number of benzene rings is 2. The molecule has 0 aliphatic rings. The number of ether oxygens (including phenoxy) is 2. The van der Waals surface area contributed by atoms with Gasteiger partial charge in [0.1, 0.15) is 11.8 Å². The SMILES string of the molecule is COC[C@H](C)NC(=O)c1cn2ncnc(Nc3cc(NC(=O)c4ccc(OC(F)(F)F)c(F)c4)ccc3C)c2c1C. The van der Waals surface area contributed by atoms with Gasteiger partial charge in [0.2, 0.25) is 0 Å². The molecule has 4 rings (SSSR count). The molecule has 0 fully saturated rings. The van der Waals surface area contributed by atoms with E-state index in [1.165, 1.54) is 10.8 Å². The van der Waals surface area contributed by atoms with Crippen molar-refractivity contribution >= 4 is 34.5 Å². The highest BCUT2D eigenvalue weighted by Crippen LogP contribution is 2.30. The summed E-state index contributed by atoms with van der Waals surface area (Å²) in [5.74, 6) is -3.02. The Bertz CT molecular complexity index is 1600. The summed E-state index contributed by atoms with van der Waals surface area (Å²) in [4.78, 5) is 29.9. The van der Waals surface area contributed by atoms with Crippen LogP contribution in [-0.4, -0.2) is 52.5 Å². The van der Waals surface area contributed by atoms with Crippen LogP contribution in [-0.2, 0) is 4.74 Å². The Morgan fingerprint density at radius 3 is 2.54 bits per heavy atom. The molecular weight excluding hydrogens is 548 g/mol. The minimum atomic E-state index is -5.07. The van der Waals surface area contributed by atoms with E-state index in [2.05, 4.69) is 30.8 Å². The minimum Gasteiger partial charge on any atom is -0.403 e. The number of anilines is 3. The van der Waals surface area contributed by atoms with Crippen molar-refractivity contribution in [2.45, 2.75) is 33.2 Å². The summed E-state index contributed by atoms with van der Waals surface area (Å²) >= 11 is 0. The number of carbonyl (C=O) groups is 2. The zero-order valence-electron chi connectivity index (χ0n) is 22.4. The Morgan fingerprint density at radius 1 is 1.10 bits per heavy atom. The van der Waals surface area contributed by atoms with E-state index in [9.17, 15) is 27.2 Å². The maximum absolute atomic E-state index is 14.1. The van der Waals surface area contributed by atoms with Crippen LogP contribution in [0.4, 0.5) is 34.8 Å². The van der Waals surface area contributed by atoms with Crippen LogP contribution in [0.15, 0.2) is 48.9 Å². The predicted octanol–water partition coefficient (Wildman–Crippen LogP) is 5.14. The molecule has 3 N–H and O–H groups in total. The summed E-state index contributed by atoms with van der Waals surface area (Å²) in [6, 6.07) is 7.14. The Balaban J connectivity index is 1.56. The summed E-state index contributed by atoms with van der Waals surface area (Å²) in [6.07, 6.45) is -2.15. The Labute approximate surface area is 231 Å². The topological polar surface area (TPSA) is 119 Å². The first-order chi connectivity index (χ1) is 19.4. The van der Waals surface area contributed by atoms with E-state index in [-0.39, 0.29) is 17.5 Å². The number of nitrogens with one attached hydrogen (secondary N) is 3. The first kappa shape index (κ1) is 29.3. The molecule has 2 aromatic heterocycles. The van der Waals surface area contributed by atoms with E-state index < -0.39 is 23.8 Å². The van der Waals surface area contributed by atoms with Gasteiger partial charge in [-0.25, -0.2) is 13.9 Å². The van der Waals surface area contributed by atoms with Crippen molar-refractivity contribution in [2.24, 2.45) is 0 Å². The van der Waals surface area contributed by atoms with Crippen molar-refractivity contribution in [3.63, 3.8) is 0 Å². The molecule has 41 heavy (non-hydrogen) atoms. The van der Waals surface area contributed by atoms with Crippen molar-refractivity contribution in [3.8, 4) is 5.75 Å². The van der Waals surface area contributed by atoms with Gasteiger partial charge >= 0.3 is 6.36 Å². The van der Waals surface area contributed by atoms with Crippen LogP contribution >= 0.6 is 0 Å². The molecule has 2 amide bonds. The number of carbonyl (C=O) groups excluding carboxylic acids is 2. The first-order valence-electron chi connectivity index (χ1n) is 12.2. The molecular formula is C27H26F4N6O4. The third-order valence-electron chi connectivity index (χ3n) is 6.03. The highest BCUT2D eigenvalue weighted by atomic mass is 19.4. The molecule has 0 aliphatic heterocycles. The Kier molecular flexibility index (Phi) is 8.42. The molecule has 0 saturated carbocycles. The highest BCUT2D eigenvalue weighted by Gasteiger charge is 2.32. The molecule has 216 valence electrons. The number of rotatable bonds is 9. The van der Waals surface area contributed by atoms with Gasteiger partial charge in [0.05, 0.1) is 12.2 Å². The van der Waals surface area contributed by atoms with E-state index in [4.69, 9.17) is 4.74 Å². The van der Waals surface area contributed by atoms with Gasteiger partial charge in [-0.1, -0.05) is 6.07 Å². The Hall–Kier alpha value is -4.72. The van der Waals surface area contributed by atoms with Crippen molar-refractivity contribution in [1.82, 2.24) is 19.9 Å². The highest BCUT2D eigenvalue weighted by molar-refractivity contribution is 6.04. The number of hydrogen-bond acceptors (Lipinski definition) is 7. The molecule has 0 aliphatic carbocycles. The number of halogens is 4. The van der Waals surface area contributed by atoms with Gasteiger partial charge in [0.25, 0.3) is 11.8 Å². The monoisotopic (exact) mass is 574 g/mol. The van der Waals surface area contributed by atoms with Crippen LogP contribution in [0.3, 0.4) is 0 Å². The third kappa shape index (κ3) is 6.90. The van der Waals surface area contributed by atoms with E-state index in [1.54, 1.807) is 38.4 Å². The fraction of sp³-hybridized carbons (Fsp3) is 0.259. The van der Waals surface area contributed by atoms with Crippen molar-refractivity contribution < 1.29 is 36.6 Å². The molecule has 0 spiro atoms. The van der Waals surface area contributed by atoms with E-state index in [1.807, 2.05) is 13.8 Å². The number of alkyl halides is 3. The molecule has 2 heterocycles. The molecule has 4 aromatic rings. The van der Waals surface area contributed by atoms with Gasteiger partial charge in [-0.15, -0.1) is 13.2 Å². The molecule has 1 atom stereocenters. The van der Waals surface area contributed by atoms with Gasteiger partial charge < -0.3 is 25.4 Å². The first-order valence-corrected chi connectivity index (χ1v) is 12.2. The fourth-order valence-electron chi connectivity index (χ4n) is 4.09. The summed E-state index contributed by atoms with van der Waals surface area (Å²) in [7, 11) is 1.55. The van der Waals surface area contributed by atoms with Crippen LogP contribution in [0.5, 0.6) is 5.75 Å². The summed E-state index contributed by atoms with van der Waals surface area (Å²) in [5, 5.41) is 12.9. The summed E-state index contributed by atoms with van der Waals surface area (Å²) < 4.78 is 61.5. The zero-order chi connectivity index (χ0) is 29.9. The number of aromatic nitrogens is 3. The second kappa shape index (κ2) is 11.8. The summed E-state index contributed by atoms with van der Waals surface area (Å²) in [6.45, 7) is 5.76. The van der Waals surface area contributed by atoms with Gasteiger partial charge in [-0.3, -0.25) is 9.59 Å². The lowest BCUT2D eigenvalue weighted by Crippen LogP contribution is -2.35. The average molecular weight is 575 g/mol. The van der Waals surface area contributed by atoms with E-state index in [0.29, 0.717) is 46.5 Å². The van der Waals surface area contributed by atoms with E-state index in [0.717, 1.165) is 17.7 Å². The second-order valence-corrected chi connectivity index (χ2v) is 9.20. The molecule has 0 unspecified atom stereocenters. The second-order valence-electron chi connectivity index (χ2n) is 9.20. The van der Waals surface area contributed by atoms with Crippen molar-refractivity contribution in [1.29, 1.82) is 0 Å². The maximum Gasteiger partial charge on any atom is 0.573 e. The molecule has 14 heteroatoms. The molecule has 2 aromatic carbocycles. The van der Waals surface area contributed by atoms with E-state index >= 15 is 0 Å². The molecule has 0 bridgehead atoms. The van der Waals surface area contributed by atoms with Crippen molar-refractivity contribution in [3.05, 3.63) is 77.0 Å². The zero-order valence-corrected chi connectivity index (χ0v) is 22.4. The molecule has 0 saturated heterocycles. The number of aryl methyl sites for hydroxylation is 2. The lowest BCUT2D eigenvalue weighted by molar-refractivity contribution is -0.275. The average Bonchev–Trinajstić information content (AvgIpc) is 3.24. The summed E-state index contributed by atoms with van der Waals surface area (Å²) in [5.41, 5.74) is 3.06. The normalized spacial score (nSPS) is 12.2. The molecule has 0 radical (unpaired) electrons. The van der Waals surface area contributed by atoms with Crippen LogP contribution < -0.4 is 20.7 Å². The number of fused-ring (bicyclic) bond motifs is 1. The van der Waals surface area contributed by atoms with Gasteiger partial charge in [0, 0.05) is 36.3 Å². The number of methoxy groups -OCH3 is 1. The van der Waals surface area contributed by atoms with Crippen LogP contribution in [0.1, 0.15) is 38.8 Å². The van der Waals surface area contributed by atoms with Crippen LogP contribution in [0, 0.1) is 19.7 Å². The molecule has 10 nitrogen and oxygen atoms in total. The van der Waals surface area contributed by atoms with Gasteiger partial charge in [-0.05, 0) is 62.2 Å². The smallest absolute Gasteiger partial charge is 0.403 e. The van der Waals surface area contributed by atoms with Crippen LogP contribution in [0.25, 0.3) is 5.52 Å². The quantitative estimate of drug-likeness (QED) is 0.237. The van der Waals surface area contributed by atoms with Crippen LogP contribution in [0.2, 0.25) is 0 Å². The van der Waals surface area contributed by atoms with Crippen molar-refractivity contribution in [2.75, 3.05) is 24.4 Å². The maximum atomic E-state index is 14.1. The lowest BCUT2D eigenvalue weighted by atomic mass is 10.1. The lowest BCUT2D eigenvalue weighted by Gasteiger charge is -2.14. The largest absolute Gasteiger partial charge is 0.573 e. The number of amides is 2. The standard InChI is InChI=1S/C27H26F4N6O4/c1-14-5-7-18(35-25(38)17-6-8-22(20(28)9-17)41-27(29,30)31)10-21(14)36-24-23-16(3)19(11-37(23)33-13-32-24)26(39)34-15(2)12-40-4/h5-11,13,15H,12H2,1-4H3,(H,34,39)(H,35,38)(H,32,33,36)/t15-/m0/s1. The Morgan fingerprint density at radius 2 is 1.85 bits per heavy atom.